The van der Waals surface area contributed by atoms with Gasteiger partial charge in [0.05, 0.1) is 0 Å². The van der Waals surface area contributed by atoms with Gasteiger partial charge in [0.2, 0.25) is 0 Å². The third-order valence-electron chi connectivity index (χ3n) is 3.60. The molecule has 0 spiro atoms. The fraction of sp³-hybridized carbons (Fsp3) is 0.500. The van der Waals surface area contributed by atoms with Crippen LogP contribution in [0.4, 0.5) is 0 Å². The molecule has 1 aliphatic rings. The van der Waals surface area contributed by atoms with E-state index in [2.05, 4.69) is 30.5 Å². The molecule has 2 heteroatoms. The second kappa shape index (κ2) is 6.60. The third-order valence-corrected chi connectivity index (χ3v) is 3.60. The van der Waals surface area contributed by atoms with Gasteiger partial charge in [-0.25, -0.2) is 0 Å². The average molecular weight is 245 g/mol. The number of rotatable bonds is 5. The van der Waals surface area contributed by atoms with Crippen LogP contribution in [0.5, 0.6) is 5.75 Å². The molecule has 0 unspecified atom stereocenters. The molecule has 1 aromatic carbocycles. The van der Waals surface area contributed by atoms with Crippen LogP contribution in [0.1, 0.15) is 25.3 Å². The number of benzene rings is 1. The van der Waals surface area contributed by atoms with E-state index in [0.29, 0.717) is 6.61 Å². The highest BCUT2D eigenvalue weighted by Crippen LogP contribution is 2.23. The Bertz CT molecular complexity index is 380. The number of para-hydroxylation sites is 1. The maximum atomic E-state index is 5.70. The molecule has 0 atom stereocenters. The summed E-state index contributed by atoms with van der Waals surface area (Å²) < 4.78 is 5.70. The summed E-state index contributed by atoms with van der Waals surface area (Å²) in [5.74, 6) is 1.88. The molecule has 1 aliphatic heterocycles. The van der Waals surface area contributed by atoms with E-state index in [9.17, 15) is 0 Å². The van der Waals surface area contributed by atoms with E-state index in [1.54, 1.807) is 6.08 Å². The lowest BCUT2D eigenvalue weighted by molar-refractivity contribution is 0.183. The van der Waals surface area contributed by atoms with Crippen LogP contribution in [-0.2, 0) is 6.54 Å². The number of ether oxygens (including phenoxy) is 1. The molecule has 1 saturated heterocycles. The molecule has 2 rings (SSSR count). The first kappa shape index (κ1) is 13.2. The summed E-state index contributed by atoms with van der Waals surface area (Å²) in [5, 5.41) is 0. The van der Waals surface area contributed by atoms with Crippen molar-refractivity contribution in [3.63, 3.8) is 0 Å². The molecule has 0 radical (unpaired) electrons. The minimum absolute atomic E-state index is 0.577. The van der Waals surface area contributed by atoms with E-state index < -0.39 is 0 Å². The zero-order chi connectivity index (χ0) is 12.8. The van der Waals surface area contributed by atoms with Crippen molar-refractivity contribution >= 4 is 0 Å². The lowest BCUT2D eigenvalue weighted by atomic mass is 9.99. The van der Waals surface area contributed by atoms with Gasteiger partial charge >= 0.3 is 0 Å². The van der Waals surface area contributed by atoms with Crippen molar-refractivity contribution in [2.45, 2.75) is 26.3 Å². The van der Waals surface area contributed by atoms with Crippen molar-refractivity contribution in [1.29, 1.82) is 0 Å². The quantitative estimate of drug-likeness (QED) is 0.736. The smallest absolute Gasteiger partial charge is 0.124 e. The molecular weight excluding hydrogens is 222 g/mol. The van der Waals surface area contributed by atoms with Gasteiger partial charge in [-0.05, 0) is 37.9 Å². The second-order valence-corrected chi connectivity index (χ2v) is 5.17. The largest absolute Gasteiger partial charge is 0.489 e. The molecule has 0 aliphatic carbocycles. The van der Waals surface area contributed by atoms with Crippen molar-refractivity contribution in [2.24, 2.45) is 5.92 Å². The highest BCUT2D eigenvalue weighted by Gasteiger charge is 2.16. The number of piperidine rings is 1. The molecule has 2 nitrogen and oxygen atoms in total. The Labute approximate surface area is 110 Å². The standard InChI is InChI=1S/C16H23NO/c1-3-12-18-16-7-5-4-6-15(16)13-17-10-8-14(2)9-11-17/h3-7,14H,1,8-13H2,2H3. The topological polar surface area (TPSA) is 12.5 Å². The molecule has 0 bridgehead atoms. The molecule has 0 saturated carbocycles. The van der Waals surface area contributed by atoms with E-state index in [1.165, 1.54) is 31.5 Å². The van der Waals surface area contributed by atoms with Crippen LogP contribution in [0, 0.1) is 5.92 Å². The van der Waals surface area contributed by atoms with Crippen LogP contribution in [0.3, 0.4) is 0 Å². The van der Waals surface area contributed by atoms with Crippen molar-refractivity contribution in [1.82, 2.24) is 4.90 Å². The number of likely N-dealkylation sites (tertiary alicyclic amines) is 1. The molecule has 0 aromatic heterocycles. The summed E-state index contributed by atoms with van der Waals surface area (Å²) in [6, 6.07) is 8.32. The Hall–Kier alpha value is -1.28. The van der Waals surface area contributed by atoms with Crippen molar-refractivity contribution in [3.8, 4) is 5.75 Å². The van der Waals surface area contributed by atoms with Crippen LogP contribution in [0.25, 0.3) is 0 Å². The van der Waals surface area contributed by atoms with Crippen LogP contribution in [-0.4, -0.2) is 24.6 Å². The van der Waals surface area contributed by atoms with Crippen LogP contribution >= 0.6 is 0 Å². The highest BCUT2D eigenvalue weighted by atomic mass is 16.5. The fourth-order valence-corrected chi connectivity index (χ4v) is 2.39. The first-order valence-corrected chi connectivity index (χ1v) is 6.83. The minimum atomic E-state index is 0.577. The minimum Gasteiger partial charge on any atom is -0.489 e. The van der Waals surface area contributed by atoms with Gasteiger partial charge in [-0.15, -0.1) is 0 Å². The van der Waals surface area contributed by atoms with Gasteiger partial charge < -0.3 is 4.74 Å². The summed E-state index contributed by atoms with van der Waals surface area (Å²) in [5.41, 5.74) is 1.29. The molecule has 18 heavy (non-hydrogen) atoms. The van der Waals surface area contributed by atoms with Gasteiger partial charge in [0.25, 0.3) is 0 Å². The fourth-order valence-electron chi connectivity index (χ4n) is 2.39. The highest BCUT2D eigenvalue weighted by molar-refractivity contribution is 5.33. The number of hydrogen-bond acceptors (Lipinski definition) is 2. The third kappa shape index (κ3) is 3.61. The Morgan fingerprint density at radius 1 is 1.33 bits per heavy atom. The van der Waals surface area contributed by atoms with Crippen LogP contribution in [0.2, 0.25) is 0 Å². The lowest BCUT2D eigenvalue weighted by Crippen LogP contribution is -2.32. The molecular formula is C16H23NO. The zero-order valence-electron chi connectivity index (χ0n) is 11.3. The van der Waals surface area contributed by atoms with E-state index in [-0.39, 0.29) is 0 Å². The summed E-state index contributed by atoms with van der Waals surface area (Å²) in [6.07, 6.45) is 4.42. The van der Waals surface area contributed by atoms with E-state index in [0.717, 1.165) is 18.2 Å². The van der Waals surface area contributed by atoms with Gasteiger partial charge in [0.1, 0.15) is 12.4 Å². The maximum Gasteiger partial charge on any atom is 0.124 e. The first-order valence-electron chi connectivity index (χ1n) is 6.83. The molecule has 98 valence electrons. The summed E-state index contributed by atoms with van der Waals surface area (Å²) >= 11 is 0. The van der Waals surface area contributed by atoms with E-state index >= 15 is 0 Å². The van der Waals surface area contributed by atoms with Crippen LogP contribution in [0.15, 0.2) is 36.9 Å². The maximum absolute atomic E-state index is 5.70. The van der Waals surface area contributed by atoms with E-state index in [4.69, 9.17) is 4.74 Å². The van der Waals surface area contributed by atoms with Crippen molar-refractivity contribution in [2.75, 3.05) is 19.7 Å². The van der Waals surface area contributed by atoms with Gasteiger partial charge in [0.15, 0.2) is 0 Å². The predicted molar refractivity (Wildman–Crippen MR) is 75.8 cm³/mol. The molecule has 1 aromatic rings. The normalized spacial score (nSPS) is 17.6. The van der Waals surface area contributed by atoms with Gasteiger partial charge in [-0.1, -0.05) is 37.8 Å². The molecule has 0 N–H and O–H groups in total. The monoisotopic (exact) mass is 245 g/mol. The first-order chi connectivity index (χ1) is 8.79. The lowest BCUT2D eigenvalue weighted by Gasteiger charge is -2.30. The summed E-state index contributed by atoms with van der Waals surface area (Å²) in [7, 11) is 0. The summed E-state index contributed by atoms with van der Waals surface area (Å²) in [4.78, 5) is 2.52. The van der Waals surface area contributed by atoms with E-state index in [1.807, 2.05) is 12.1 Å². The molecule has 0 amide bonds. The van der Waals surface area contributed by atoms with Crippen LogP contribution < -0.4 is 4.74 Å². The Balaban J connectivity index is 1.97. The van der Waals surface area contributed by atoms with Crippen molar-refractivity contribution < 1.29 is 4.74 Å². The Kier molecular flexibility index (Phi) is 4.82. The predicted octanol–water partition coefficient (Wildman–Crippen LogP) is 3.48. The Morgan fingerprint density at radius 2 is 2.06 bits per heavy atom. The molecule has 1 heterocycles. The number of nitrogens with zero attached hydrogens (tertiary/aromatic N) is 1. The van der Waals surface area contributed by atoms with Crippen molar-refractivity contribution in [3.05, 3.63) is 42.5 Å². The SMILES string of the molecule is C=CCOc1ccccc1CN1CCC(C)CC1. The Morgan fingerprint density at radius 3 is 2.78 bits per heavy atom. The molecule has 1 fully saturated rings. The zero-order valence-corrected chi connectivity index (χ0v) is 11.3. The van der Waals surface area contributed by atoms with Gasteiger partial charge in [-0.3, -0.25) is 4.90 Å². The average Bonchev–Trinajstić information content (AvgIpc) is 2.40. The second-order valence-electron chi connectivity index (χ2n) is 5.17. The number of hydrogen-bond donors (Lipinski definition) is 0. The summed E-state index contributed by atoms with van der Waals surface area (Å²) in [6.45, 7) is 10.0. The van der Waals surface area contributed by atoms with Gasteiger partial charge in [0, 0.05) is 12.1 Å². The van der Waals surface area contributed by atoms with Gasteiger partial charge in [-0.2, -0.15) is 0 Å².